The molecule has 10 heteroatoms. The molecule has 2 amide bonds. The van der Waals surface area contributed by atoms with Crippen molar-refractivity contribution in [2.45, 2.75) is 6.18 Å². The number of nitrogen functional groups attached to an aromatic ring is 1. The quantitative estimate of drug-likeness (QED) is 0.601. The fourth-order valence-electron chi connectivity index (χ4n) is 1.52. The summed E-state index contributed by atoms with van der Waals surface area (Å²) in [6, 6.07) is 2.16. The second-order valence-corrected chi connectivity index (χ2v) is 4.94. The second-order valence-electron chi connectivity index (χ2n) is 4.94. The van der Waals surface area contributed by atoms with E-state index in [2.05, 4.69) is 10.1 Å². The lowest BCUT2D eigenvalue weighted by Gasteiger charge is -2.12. The number of carbonyl (C=O) groups is 3. The van der Waals surface area contributed by atoms with Gasteiger partial charge >= 0.3 is 12.1 Å². The van der Waals surface area contributed by atoms with Gasteiger partial charge in [-0.2, -0.15) is 13.2 Å². The topological polar surface area (TPSA) is 102 Å². The first-order chi connectivity index (χ1) is 11.0. The molecule has 0 aliphatic carbocycles. The van der Waals surface area contributed by atoms with Crippen LogP contribution in [0.3, 0.4) is 0 Å². The maximum Gasteiger partial charge on any atom is 0.416 e. The van der Waals surface area contributed by atoms with Crippen molar-refractivity contribution in [1.29, 1.82) is 0 Å². The standard InChI is InChI=1S/C14H16F3N3O4/c1-20(2)12(22)6-19-11(21)7-24-13(23)9-4-3-8(5-10(9)18)14(15,16)17/h3-5H,6-7,18H2,1-2H3,(H,19,21). The van der Waals surface area contributed by atoms with E-state index >= 15 is 0 Å². The van der Waals surface area contributed by atoms with Gasteiger partial charge in [0, 0.05) is 19.8 Å². The molecule has 0 radical (unpaired) electrons. The van der Waals surface area contributed by atoms with Crippen molar-refractivity contribution in [1.82, 2.24) is 10.2 Å². The van der Waals surface area contributed by atoms with E-state index in [1.807, 2.05) is 0 Å². The lowest BCUT2D eigenvalue weighted by atomic mass is 10.1. The highest BCUT2D eigenvalue weighted by Crippen LogP contribution is 2.31. The number of nitrogens with two attached hydrogens (primary N) is 1. The SMILES string of the molecule is CN(C)C(=O)CNC(=O)COC(=O)c1ccc(C(F)(F)F)cc1N. The molecule has 0 atom stereocenters. The zero-order chi connectivity index (χ0) is 18.5. The van der Waals surface area contributed by atoms with Crippen molar-refractivity contribution in [2.24, 2.45) is 0 Å². The van der Waals surface area contributed by atoms with Crippen LogP contribution in [-0.4, -0.2) is 49.9 Å². The van der Waals surface area contributed by atoms with Crippen molar-refractivity contribution in [3.63, 3.8) is 0 Å². The molecule has 7 nitrogen and oxygen atoms in total. The lowest BCUT2D eigenvalue weighted by molar-refractivity contribution is -0.137. The summed E-state index contributed by atoms with van der Waals surface area (Å²) in [5.74, 6) is -2.14. The van der Waals surface area contributed by atoms with Gasteiger partial charge in [0.1, 0.15) is 0 Å². The summed E-state index contributed by atoms with van der Waals surface area (Å²) in [6.45, 7) is -0.966. The van der Waals surface area contributed by atoms with Crippen LogP contribution < -0.4 is 11.1 Å². The van der Waals surface area contributed by atoms with E-state index in [1.165, 1.54) is 19.0 Å². The number of nitrogens with one attached hydrogen (secondary N) is 1. The van der Waals surface area contributed by atoms with Gasteiger partial charge in [-0.1, -0.05) is 0 Å². The van der Waals surface area contributed by atoms with Gasteiger partial charge in [-0.3, -0.25) is 9.59 Å². The predicted molar refractivity (Wildman–Crippen MR) is 77.8 cm³/mol. The number of nitrogens with zero attached hydrogens (tertiary/aromatic N) is 1. The summed E-state index contributed by atoms with van der Waals surface area (Å²) in [6.07, 6.45) is -4.59. The minimum Gasteiger partial charge on any atom is -0.452 e. The van der Waals surface area contributed by atoms with Gasteiger partial charge in [-0.05, 0) is 18.2 Å². The smallest absolute Gasteiger partial charge is 0.416 e. The van der Waals surface area contributed by atoms with Crippen LogP contribution >= 0.6 is 0 Å². The number of ether oxygens (including phenoxy) is 1. The highest BCUT2D eigenvalue weighted by Gasteiger charge is 2.31. The molecule has 24 heavy (non-hydrogen) atoms. The highest BCUT2D eigenvalue weighted by atomic mass is 19.4. The number of hydrogen-bond acceptors (Lipinski definition) is 5. The van der Waals surface area contributed by atoms with Crippen LogP contribution in [0.25, 0.3) is 0 Å². The van der Waals surface area contributed by atoms with E-state index < -0.39 is 35.9 Å². The minimum absolute atomic E-state index is 0.272. The molecular formula is C14H16F3N3O4. The van der Waals surface area contributed by atoms with Crippen LogP contribution in [0.2, 0.25) is 0 Å². The molecule has 0 aliphatic heterocycles. The third kappa shape index (κ3) is 5.45. The average Bonchev–Trinajstić information content (AvgIpc) is 2.48. The maximum absolute atomic E-state index is 12.5. The van der Waals surface area contributed by atoms with Crippen molar-refractivity contribution in [2.75, 3.05) is 33.0 Å². The summed E-state index contributed by atoms with van der Waals surface area (Å²) >= 11 is 0. The summed E-state index contributed by atoms with van der Waals surface area (Å²) < 4.78 is 42.2. The van der Waals surface area contributed by atoms with Gasteiger partial charge < -0.3 is 20.7 Å². The Balaban J connectivity index is 2.60. The van der Waals surface area contributed by atoms with Gasteiger partial charge in [0.2, 0.25) is 5.91 Å². The molecule has 0 saturated carbocycles. The monoisotopic (exact) mass is 347 g/mol. The Hall–Kier alpha value is -2.78. The minimum atomic E-state index is -4.59. The van der Waals surface area contributed by atoms with Crippen LogP contribution in [-0.2, 0) is 20.5 Å². The molecule has 0 bridgehead atoms. The van der Waals surface area contributed by atoms with Gasteiger partial charge in [-0.25, -0.2) is 4.79 Å². The first-order valence-corrected chi connectivity index (χ1v) is 6.63. The Bertz CT molecular complexity index is 645. The van der Waals surface area contributed by atoms with Gasteiger partial charge in [0.15, 0.2) is 6.61 Å². The fourth-order valence-corrected chi connectivity index (χ4v) is 1.52. The number of carbonyl (C=O) groups excluding carboxylic acids is 3. The molecule has 0 fully saturated rings. The molecule has 0 spiro atoms. The number of halogens is 3. The first kappa shape index (κ1) is 19.3. The Labute approximate surface area is 135 Å². The zero-order valence-corrected chi connectivity index (χ0v) is 12.9. The van der Waals surface area contributed by atoms with Crippen molar-refractivity contribution < 1.29 is 32.3 Å². The molecule has 0 aromatic heterocycles. The third-order valence-electron chi connectivity index (χ3n) is 2.87. The summed E-state index contributed by atoms with van der Waals surface area (Å²) in [7, 11) is 3.00. The summed E-state index contributed by atoms with van der Waals surface area (Å²) in [5, 5.41) is 2.23. The third-order valence-corrected chi connectivity index (χ3v) is 2.87. The highest BCUT2D eigenvalue weighted by molar-refractivity contribution is 5.96. The zero-order valence-electron chi connectivity index (χ0n) is 12.9. The predicted octanol–water partition coefficient (Wildman–Crippen LogP) is 0.649. The van der Waals surface area contributed by atoms with Crippen LogP contribution in [0, 0.1) is 0 Å². The van der Waals surface area contributed by atoms with Gasteiger partial charge in [-0.15, -0.1) is 0 Å². The number of alkyl halides is 3. The summed E-state index contributed by atoms with van der Waals surface area (Å²) in [4.78, 5) is 35.7. The number of esters is 1. The number of likely N-dealkylation sites (N-methyl/N-ethyl adjacent to an activating group) is 1. The Morgan fingerprint density at radius 2 is 1.88 bits per heavy atom. The average molecular weight is 347 g/mol. The lowest BCUT2D eigenvalue weighted by Crippen LogP contribution is -2.38. The number of hydrogen-bond donors (Lipinski definition) is 2. The molecule has 3 N–H and O–H groups in total. The molecule has 0 unspecified atom stereocenters. The summed E-state index contributed by atoms with van der Waals surface area (Å²) in [5.41, 5.74) is 3.69. The molecule has 0 aliphatic rings. The second kappa shape index (κ2) is 7.66. The van der Waals surface area contributed by atoms with E-state index in [4.69, 9.17) is 5.73 Å². The van der Waals surface area contributed by atoms with Gasteiger partial charge in [0.25, 0.3) is 5.91 Å². The van der Waals surface area contributed by atoms with Crippen LogP contribution in [0.1, 0.15) is 15.9 Å². The molecule has 1 rings (SSSR count). The largest absolute Gasteiger partial charge is 0.452 e. The van der Waals surface area contributed by atoms with Crippen LogP contribution in [0.15, 0.2) is 18.2 Å². The molecule has 1 aromatic carbocycles. The molecular weight excluding hydrogens is 331 g/mol. The van der Waals surface area contributed by atoms with Gasteiger partial charge in [0.05, 0.1) is 17.7 Å². The molecule has 1 aromatic rings. The van der Waals surface area contributed by atoms with E-state index in [-0.39, 0.29) is 18.0 Å². The van der Waals surface area contributed by atoms with E-state index in [1.54, 1.807) is 0 Å². The van der Waals surface area contributed by atoms with E-state index in [0.717, 1.165) is 6.07 Å². The van der Waals surface area contributed by atoms with Crippen molar-refractivity contribution in [3.8, 4) is 0 Å². The molecule has 132 valence electrons. The Kier molecular flexibility index (Phi) is 6.15. The maximum atomic E-state index is 12.5. The van der Waals surface area contributed by atoms with E-state index in [0.29, 0.717) is 12.1 Å². The van der Waals surface area contributed by atoms with Crippen molar-refractivity contribution in [3.05, 3.63) is 29.3 Å². The van der Waals surface area contributed by atoms with Crippen LogP contribution in [0.5, 0.6) is 0 Å². The molecule has 0 heterocycles. The first-order valence-electron chi connectivity index (χ1n) is 6.63. The Morgan fingerprint density at radius 1 is 1.25 bits per heavy atom. The van der Waals surface area contributed by atoms with Crippen molar-refractivity contribution >= 4 is 23.5 Å². The number of benzene rings is 1. The van der Waals surface area contributed by atoms with Crippen LogP contribution in [0.4, 0.5) is 18.9 Å². The normalized spacial score (nSPS) is 10.9. The Morgan fingerprint density at radius 3 is 2.38 bits per heavy atom. The number of amides is 2. The number of rotatable bonds is 5. The fraction of sp³-hybridized carbons (Fsp3) is 0.357. The van der Waals surface area contributed by atoms with E-state index in [9.17, 15) is 27.6 Å². The number of anilines is 1. The molecule has 0 saturated heterocycles.